The lowest BCUT2D eigenvalue weighted by Crippen LogP contribution is -2.14. The van der Waals surface area contributed by atoms with Crippen LogP contribution in [0, 0.1) is 0 Å². The molecular formula is C25H28N4O3S. The van der Waals surface area contributed by atoms with Crippen LogP contribution in [-0.4, -0.2) is 34.2 Å². The fourth-order valence-corrected chi connectivity index (χ4v) is 4.26. The Morgan fingerprint density at radius 1 is 1.12 bits per heavy atom. The Balaban J connectivity index is 1.31. The molecule has 0 aliphatic carbocycles. The summed E-state index contributed by atoms with van der Waals surface area (Å²) in [5.41, 5.74) is 3.16. The van der Waals surface area contributed by atoms with Crippen LogP contribution in [0.5, 0.6) is 11.5 Å². The SMILES string of the molecule is COc1ccccc1-c1csc2nc(NC(=O)CCCOc3ccc(C(C)(C)C)cc3)nn12. The molecule has 0 fully saturated rings. The van der Waals surface area contributed by atoms with Crippen molar-refractivity contribution in [3.63, 3.8) is 0 Å². The monoisotopic (exact) mass is 464 g/mol. The van der Waals surface area contributed by atoms with E-state index in [9.17, 15) is 4.79 Å². The average molecular weight is 465 g/mol. The number of nitrogens with zero attached hydrogens (tertiary/aromatic N) is 3. The van der Waals surface area contributed by atoms with Gasteiger partial charge in [-0.3, -0.25) is 10.1 Å². The summed E-state index contributed by atoms with van der Waals surface area (Å²) < 4.78 is 13.0. The lowest BCUT2D eigenvalue weighted by Gasteiger charge is -2.19. The number of fused-ring (bicyclic) bond motifs is 1. The van der Waals surface area contributed by atoms with E-state index in [4.69, 9.17) is 9.47 Å². The van der Waals surface area contributed by atoms with Gasteiger partial charge >= 0.3 is 0 Å². The van der Waals surface area contributed by atoms with E-state index in [0.717, 1.165) is 22.8 Å². The van der Waals surface area contributed by atoms with Crippen LogP contribution < -0.4 is 14.8 Å². The van der Waals surface area contributed by atoms with Crippen molar-refractivity contribution in [2.24, 2.45) is 0 Å². The molecule has 1 amide bonds. The fourth-order valence-electron chi connectivity index (χ4n) is 3.44. The quantitative estimate of drug-likeness (QED) is 0.345. The van der Waals surface area contributed by atoms with Crippen LogP contribution >= 0.6 is 11.3 Å². The van der Waals surface area contributed by atoms with Gasteiger partial charge in [0.25, 0.3) is 0 Å². The highest BCUT2D eigenvalue weighted by Gasteiger charge is 2.16. The molecule has 0 bridgehead atoms. The molecule has 2 aromatic heterocycles. The smallest absolute Gasteiger partial charge is 0.250 e. The van der Waals surface area contributed by atoms with Crippen molar-refractivity contribution in [2.75, 3.05) is 19.0 Å². The van der Waals surface area contributed by atoms with Gasteiger partial charge < -0.3 is 9.47 Å². The highest BCUT2D eigenvalue weighted by atomic mass is 32.1. The number of aromatic nitrogens is 3. The molecule has 4 aromatic rings. The van der Waals surface area contributed by atoms with Crippen LogP contribution in [0.25, 0.3) is 16.2 Å². The average Bonchev–Trinajstić information content (AvgIpc) is 3.36. The highest BCUT2D eigenvalue weighted by molar-refractivity contribution is 7.15. The fraction of sp³-hybridized carbons (Fsp3) is 0.320. The summed E-state index contributed by atoms with van der Waals surface area (Å²) >= 11 is 1.46. The van der Waals surface area contributed by atoms with E-state index in [1.807, 2.05) is 41.8 Å². The van der Waals surface area contributed by atoms with Gasteiger partial charge in [0.1, 0.15) is 11.5 Å². The summed E-state index contributed by atoms with van der Waals surface area (Å²) in [6.45, 7) is 7.00. The van der Waals surface area contributed by atoms with Crippen molar-refractivity contribution in [3.05, 3.63) is 59.5 Å². The van der Waals surface area contributed by atoms with Crippen LogP contribution in [0.2, 0.25) is 0 Å². The molecule has 2 aromatic carbocycles. The molecule has 172 valence electrons. The summed E-state index contributed by atoms with van der Waals surface area (Å²) in [4.78, 5) is 17.5. The predicted octanol–water partition coefficient (Wildman–Crippen LogP) is 5.56. The first-order chi connectivity index (χ1) is 15.8. The number of thiazole rings is 1. The molecule has 0 aliphatic heterocycles. The first-order valence-corrected chi connectivity index (χ1v) is 11.7. The topological polar surface area (TPSA) is 77.8 Å². The minimum Gasteiger partial charge on any atom is -0.496 e. The lowest BCUT2D eigenvalue weighted by atomic mass is 9.87. The molecule has 8 heteroatoms. The molecule has 0 atom stereocenters. The van der Waals surface area contributed by atoms with Crippen LogP contribution in [0.3, 0.4) is 0 Å². The van der Waals surface area contributed by atoms with Gasteiger partial charge in [0.2, 0.25) is 16.8 Å². The zero-order chi connectivity index (χ0) is 23.4. The van der Waals surface area contributed by atoms with Crippen LogP contribution in [0.1, 0.15) is 39.2 Å². The molecule has 0 aliphatic rings. The number of benzene rings is 2. The standard InChI is InChI=1S/C25H28N4O3S/c1-25(2,3)17-11-13-18(14-12-17)32-15-7-10-22(30)26-23-27-24-29(28-23)20(16-33-24)19-8-5-6-9-21(19)31-4/h5-6,8-9,11-14,16H,7,10,15H2,1-4H3,(H,26,28,30). The molecule has 0 radical (unpaired) electrons. The lowest BCUT2D eigenvalue weighted by molar-refractivity contribution is -0.116. The molecule has 33 heavy (non-hydrogen) atoms. The van der Waals surface area contributed by atoms with Gasteiger partial charge in [-0.25, -0.2) is 4.52 Å². The summed E-state index contributed by atoms with van der Waals surface area (Å²) in [7, 11) is 1.64. The number of amides is 1. The van der Waals surface area contributed by atoms with Gasteiger partial charge in [-0.2, -0.15) is 4.98 Å². The molecule has 0 saturated heterocycles. The van der Waals surface area contributed by atoms with E-state index in [0.29, 0.717) is 30.4 Å². The largest absolute Gasteiger partial charge is 0.496 e. The number of anilines is 1. The minimum atomic E-state index is -0.140. The third-order valence-electron chi connectivity index (χ3n) is 5.25. The van der Waals surface area contributed by atoms with Crippen LogP contribution in [0.4, 0.5) is 5.95 Å². The van der Waals surface area contributed by atoms with Crippen LogP contribution in [-0.2, 0) is 10.2 Å². The Labute approximate surface area is 197 Å². The zero-order valence-corrected chi connectivity index (χ0v) is 20.1. The van der Waals surface area contributed by atoms with Gasteiger partial charge in [0.05, 0.1) is 19.4 Å². The molecule has 1 N–H and O–H groups in total. The van der Waals surface area contributed by atoms with Crippen molar-refractivity contribution < 1.29 is 14.3 Å². The minimum absolute atomic E-state index is 0.111. The van der Waals surface area contributed by atoms with E-state index in [-0.39, 0.29) is 11.3 Å². The van der Waals surface area contributed by atoms with Gasteiger partial charge in [0, 0.05) is 17.4 Å². The van der Waals surface area contributed by atoms with E-state index < -0.39 is 0 Å². The van der Waals surface area contributed by atoms with Crippen molar-refractivity contribution >= 4 is 28.2 Å². The molecule has 7 nitrogen and oxygen atoms in total. The number of carbonyl (C=O) groups is 1. The number of nitrogens with one attached hydrogen (secondary N) is 1. The summed E-state index contributed by atoms with van der Waals surface area (Å²) in [5, 5.41) is 9.23. The second-order valence-corrected chi connectivity index (χ2v) is 9.56. The zero-order valence-electron chi connectivity index (χ0n) is 19.3. The Hall–Kier alpha value is -3.39. The van der Waals surface area contributed by atoms with Gasteiger partial charge in [-0.05, 0) is 41.7 Å². The summed E-state index contributed by atoms with van der Waals surface area (Å²) in [6.07, 6.45) is 0.924. The first-order valence-electron chi connectivity index (χ1n) is 10.9. The number of hydrogen-bond acceptors (Lipinski definition) is 6. The number of carbonyl (C=O) groups excluding carboxylic acids is 1. The molecule has 0 spiro atoms. The number of methoxy groups -OCH3 is 1. The Kier molecular flexibility index (Phi) is 6.65. The molecule has 0 saturated carbocycles. The number of rotatable bonds is 8. The maximum atomic E-state index is 12.4. The van der Waals surface area contributed by atoms with Crippen molar-refractivity contribution in [3.8, 4) is 22.8 Å². The Morgan fingerprint density at radius 2 is 1.88 bits per heavy atom. The predicted molar refractivity (Wildman–Crippen MR) is 131 cm³/mol. The summed E-state index contributed by atoms with van der Waals surface area (Å²) in [6, 6.07) is 15.8. The molecule has 4 rings (SSSR count). The van der Waals surface area contributed by atoms with Crippen molar-refractivity contribution in [1.82, 2.24) is 14.6 Å². The molecular weight excluding hydrogens is 436 g/mol. The first kappa shape index (κ1) is 22.8. The number of para-hydroxylation sites is 1. The van der Waals surface area contributed by atoms with Crippen molar-refractivity contribution in [2.45, 2.75) is 39.0 Å². The number of hydrogen-bond donors (Lipinski definition) is 1. The van der Waals surface area contributed by atoms with E-state index in [2.05, 4.69) is 48.3 Å². The third kappa shape index (κ3) is 5.34. The second-order valence-electron chi connectivity index (χ2n) is 8.73. The van der Waals surface area contributed by atoms with E-state index >= 15 is 0 Å². The van der Waals surface area contributed by atoms with Gasteiger partial charge in [-0.15, -0.1) is 16.4 Å². The third-order valence-corrected chi connectivity index (χ3v) is 6.07. The molecule has 0 unspecified atom stereocenters. The maximum absolute atomic E-state index is 12.4. The van der Waals surface area contributed by atoms with E-state index in [1.54, 1.807) is 11.6 Å². The Bertz CT molecular complexity index is 1240. The van der Waals surface area contributed by atoms with Crippen LogP contribution in [0.15, 0.2) is 53.9 Å². The highest BCUT2D eigenvalue weighted by Crippen LogP contribution is 2.32. The Morgan fingerprint density at radius 3 is 2.61 bits per heavy atom. The number of ether oxygens (including phenoxy) is 2. The normalized spacial score (nSPS) is 11.5. The van der Waals surface area contributed by atoms with E-state index in [1.165, 1.54) is 16.9 Å². The van der Waals surface area contributed by atoms with Crippen molar-refractivity contribution in [1.29, 1.82) is 0 Å². The molecule has 2 heterocycles. The summed E-state index contributed by atoms with van der Waals surface area (Å²) in [5.74, 6) is 1.72. The van der Waals surface area contributed by atoms with Gasteiger partial charge in [-0.1, -0.05) is 45.0 Å². The van der Waals surface area contributed by atoms with Gasteiger partial charge in [0.15, 0.2) is 0 Å². The second kappa shape index (κ2) is 9.62. The maximum Gasteiger partial charge on any atom is 0.250 e.